The molecule has 1 aromatic carbocycles. The molecule has 0 saturated carbocycles. The van der Waals surface area contributed by atoms with Crippen LogP contribution in [0.25, 0.3) is 11.5 Å². The maximum absolute atomic E-state index is 11.9. The van der Waals surface area contributed by atoms with E-state index < -0.39 is 6.61 Å². The van der Waals surface area contributed by atoms with Gasteiger partial charge >= 0.3 is 6.61 Å². The van der Waals surface area contributed by atoms with Crippen molar-refractivity contribution < 1.29 is 22.7 Å². The van der Waals surface area contributed by atoms with Crippen molar-refractivity contribution in [1.82, 2.24) is 4.98 Å². The van der Waals surface area contributed by atoms with Crippen LogP contribution in [0.2, 0.25) is 0 Å². The van der Waals surface area contributed by atoms with E-state index in [9.17, 15) is 13.6 Å². The number of oxazole rings is 1. The number of aromatic nitrogens is 1. The predicted molar refractivity (Wildman–Crippen MR) is 54.0 cm³/mol. The minimum absolute atomic E-state index is 0.0471. The Labute approximate surface area is 94.8 Å². The van der Waals surface area contributed by atoms with Gasteiger partial charge < -0.3 is 9.15 Å². The molecule has 1 aromatic heterocycles. The minimum Gasteiger partial charge on any atom is -0.444 e. The highest BCUT2D eigenvalue weighted by atomic mass is 19.3. The van der Waals surface area contributed by atoms with Gasteiger partial charge in [0.05, 0.1) is 0 Å². The standard InChI is InChI=1S/C11H7F2NO3/c12-11(13)17-9-3-1-7(2-4-9)10-14-8(5-15)6-16-10/h1-6,11H. The average molecular weight is 239 g/mol. The molecule has 0 aliphatic heterocycles. The first-order valence-electron chi connectivity index (χ1n) is 4.65. The fourth-order valence-corrected chi connectivity index (χ4v) is 1.25. The number of nitrogens with zero attached hydrogens (tertiary/aromatic N) is 1. The zero-order valence-corrected chi connectivity index (χ0v) is 8.47. The lowest BCUT2D eigenvalue weighted by Crippen LogP contribution is -2.01. The number of aldehydes is 1. The fourth-order valence-electron chi connectivity index (χ4n) is 1.25. The van der Waals surface area contributed by atoms with Gasteiger partial charge in [0.2, 0.25) is 5.89 Å². The van der Waals surface area contributed by atoms with Gasteiger partial charge in [0.1, 0.15) is 17.7 Å². The summed E-state index contributed by atoms with van der Waals surface area (Å²) in [5, 5.41) is 0. The van der Waals surface area contributed by atoms with E-state index in [2.05, 4.69) is 9.72 Å². The van der Waals surface area contributed by atoms with Gasteiger partial charge in [-0.1, -0.05) is 0 Å². The van der Waals surface area contributed by atoms with Crippen molar-refractivity contribution in [1.29, 1.82) is 0 Å². The molecule has 0 bridgehead atoms. The van der Waals surface area contributed by atoms with Crippen molar-refractivity contribution in [3.8, 4) is 17.2 Å². The van der Waals surface area contributed by atoms with E-state index in [1.54, 1.807) is 0 Å². The van der Waals surface area contributed by atoms with Gasteiger partial charge in [-0.25, -0.2) is 4.98 Å². The molecular formula is C11H7F2NO3. The molecule has 2 aromatic rings. The van der Waals surface area contributed by atoms with Crippen molar-refractivity contribution in [2.24, 2.45) is 0 Å². The summed E-state index contributed by atoms with van der Waals surface area (Å²) >= 11 is 0. The van der Waals surface area contributed by atoms with Crippen LogP contribution in [0.1, 0.15) is 10.5 Å². The Bertz CT molecular complexity index is 508. The molecule has 0 saturated heterocycles. The summed E-state index contributed by atoms with van der Waals surface area (Å²) in [4.78, 5) is 14.3. The maximum Gasteiger partial charge on any atom is 0.387 e. The van der Waals surface area contributed by atoms with E-state index in [0.717, 1.165) is 0 Å². The van der Waals surface area contributed by atoms with Gasteiger partial charge in [-0.3, -0.25) is 4.79 Å². The van der Waals surface area contributed by atoms with Gasteiger partial charge in [-0.15, -0.1) is 0 Å². The molecule has 0 aliphatic carbocycles. The molecule has 4 nitrogen and oxygen atoms in total. The number of halogens is 2. The van der Waals surface area contributed by atoms with Gasteiger partial charge in [0, 0.05) is 5.56 Å². The third-order valence-corrected chi connectivity index (χ3v) is 1.97. The molecule has 88 valence electrons. The first-order chi connectivity index (χ1) is 8.19. The molecule has 0 atom stereocenters. The number of carbonyl (C=O) groups excluding carboxylic acids is 1. The summed E-state index contributed by atoms with van der Waals surface area (Å²) < 4.78 is 33.0. The molecule has 17 heavy (non-hydrogen) atoms. The van der Waals surface area contributed by atoms with Crippen LogP contribution >= 0.6 is 0 Å². The van der Waals surface area contributed by atoms with E-state index in [1.165, 1.54) is 30.5 Å². The van der Waals surface area contributed by atoms with Crippen molar-refractivity contribution in [3.05, 3.63) is 36.2 Å². The Morgan fingerprint density at radius 3 is 2.53 bits per heavy atom. The number of ether oxygens (including phenoxy) is 1. The van der Waals surface area contributed by atoms with Crippen LogP contribution < -0.4 is 4.74 Å². The number of hydrogen-bond acceptors (Lipinski definition) is 4. The Kier molecular flexibility index (Phi) is 3.13. The number of rotatable bonds is 4. The van der Waals surface area contributed by atoms with Gasteiger partial charge in [0.15, 0.2) is 6.29 Å². The summed E-state index contributed by atoms with van der Waals surface area (Å²) in [6.07, 6.45) is 1.77. The van der Waals surface area contributed by atoms with E-state index in [0.29, 0.717) is 11.8 Å². The molecule has 0 aliphatic rings. The van der Waals surface area contributed by atoms with Crippen molar-refractivity contribution in [2.75, 3.05) is 0 Å². The van der Waals surface area contributed by atoms with E-state index in [-0.39, 0.29) is 17.3 Å². The van der Waals surface area contributed by atoms with Crippen LogP contribution in [0.5, 0.6) is 5.75 Å². The molecule has 0 unspecified atom stereocenters. The molecule has 2 rings (SSSR count). The molecule has 1 heterocycles. The summed E-state index contributed by atoms with van der Waals surface area (Å²) in [7, 11) is 0. The van der Waals surface area contributed by atoms with E-state index >= 15 is 0 Å². The third kappa shape index (κ3) is 2.66. The zero-order valence-electron chi connectivity index (χ0n) is 8.47. The monoisotopic (exact) mass is 239 g/mol. The van der Waals surface area contributed by atoms with E-state index in [1.807, 2.05) is 0 Å². The van der Waals surface area contributed by atoms with Crippen LogP contribution in [0.3, 0.4) is 0 Å². The second kappa shape index (κ2) is 4.73. The van der Waals surface area contributed by atoms with Crippen LogP contribution in [0.4, 0.5) is 8.78 Å². The van der Waals surface area contributed by atoms with Crippen LogP contribution in [0, 0.1) is 0 Å². The van der Waals surface area contributed by atoms with Gasteiger partial charge in [-0.2, -0.15) is 8.78 Å². The predicted octanol–water partition coefficient (Wildman–Crippen LogP) is 2.76. The summed E-state index contributed by atoms with van der Waals surface area (Å²) in [5.41, 5.74) is 0.743. The van der Waals surface area contributed by atoms with Gasteiger partial charge in [0.25, 0.3) is 0 Å². The Morgan fingerprint density at radius 1 is 1.29 bits per heavy atom. The highest BCUT2D eigenvalue weighted by Gasteiger charge is 2.08. The summed E-state index contributed by atoms with van der Waals surface area (Å²) in [6.45, 7) is -2.86. The van der Waals surface area contributed by atoms with Crippen LogP contribution in [0.15, 0.2) is 34.9 Å². The Morgan fingerprint density at radius 2 is 2.00 bits per heavy atom. The molecule has 0 spiro atoms. The molecular weight excluding hydrogens is 232 g/mol. The quantitative estimate of drug-likeness (QED) is 0.770. The lowest BCUT2D eigenvalue weighted by atomic mass is 10.2. The Balaban J connectivity index is 2.19. The Hall–Kier alpha value is -2.24. The van der Waals surface area contributed by atoms with E-state index in [4.69, 9.17) is 4.42 Å². The number of hydrogen-bond donors (Lipinski definition) is 0. The molecule has 0 radical (unpaired) electrons. The first-order valence-corrected chi connectivity index (χ1v) is 4.65. The third-order valence-electron chi connectivity index (χ3n) is 1.97. The van der Waals surface area contributed by atoms with Crippen molar-refractivity contribution >= 4 is 6.29 Å². The second-order valence-electron chi connectivity index (χ2n) is 3.10. The van der Waals surface area contributed by atoms with Crippen molar-refractivity contribution in [3.63, 3.8) is 0 Å². The maximum atomic E-state index is 11.9. The highest BCUT2D eigenvalue weighted by Crippen LogP contribution is 2.22. The zero-order chi connectivity index (χ0) is 12.3. The molecule has 0 N–H and O–H groups in total. The average Bonchev–Trinajstić information content (AvgIpc) is 2.78. The fraction of sp³-hybridized carbons (Fsp3) is 0.0909. The minimum atomic E-state index is -2.86. The number of alkyl halides is 2. The van der Waals surface area contributed by atoms with Crippen LogP contribution in [-0.4, -0.2) is 17.9 Å². The topological polar surface area (TPSA) is 52.3 Å². The first kappa shape index (κ1) is 11.3. The number of benzene rings is 1. The molecule has 0 amide bonds. The lowest BCUT2D eigenvalue weighted by Gasteiger charge is -2.03. The lowest BCUT2D eigenvalue weighted by molar-refractivity contribution is -0.0498. The van der Waals surface area contributed by atoms with Crippen molar-refractivity contribution in [2.45, 2.75) is 6.61 Å². The largest absolute Gasteiger partial charge is 0.444 e. The SMILES string of the molecule is O=Cc1coc(-c2ccc(OC(F)F)cc2)n1. The molecule has 6 heteroatoms. The molecule has 0 fully saturated rings. The summed E-state index contributed by atoms with van der Waals surface area (Å²) in [5.74, 6) is 0.293. The highest BCUT2D eigenvalue weighted by molar-refractivity contribution is 5.72. The van der Waals surface area contributed by atoms with Crippen LogP contribution in [-0.2, 0) is 0 Å². The summed E-state index contributed by atoms with van der Waals surface area (Å²) in [6, 6.07) is 5.76. The smallest absolute Gasteiger partial charge is 0.387 e. The normalized spacial score (nSPS) is 10.5. The second-order valence-corrected chi connectivity index (χ2v) is 3.10. The van der Waals surface area contributed by atoms with Gasteiger partial charge in [-0.05, 0) is 24.3 Å². The number of carbonyl (C=O) groups is 1.